The Hall–Kier alpha value is -1.74. The maximum absolute atomic E-state index is 13.7. The van der Waals surface area contributed by atoms with E-state index in [1.165, 1.54) is 6.42 Å². The standard InChI is InChI=1S/C26H40N4O4.ClH/c1-3-4-14-30-24(33)21(22(31)19-8-6-5-7-9-19)28-25(34)26(30)12-15-29(16-13-26)23(32)20-11-10-18(2)27-17-20;/h10-11,17,19,21-23,31-32H,3-9,12-16H2,1-2H3,(H,28,34);1H/t21-,22-,23?;/m1./s1. The third-order valence-electron chi connectivity index (χ3n) is 8.17. The first kappa shape index (κ1) is 27.8. The van der Waals surface area contributed by atoms with E-state index in [9.17, 15) is 19.8 Å². The van der Waals surface area contributed by atoms with Crippen molar-refractivity contribution < 1.29 is 19.8 Å². The Morgan fingerprint density at radius 2 is 1.83 bits per heavy atom. The van der Waals surface area contributed by atoms with Crippen molar-refractivity contribution in [3.8, 4) is 0 Å². The van der Waals surface area contributed by atoms with Crippen LogP contribution in [0, 0.1) is 12.8 Å². The number of carbonyl (C=O) groups excluding carboxylic acids is 2. The highest BCUT2D eigenvalue weighted by molar-refractivity contribution is 6.00. The molecular weight excluding hydrogens is 468 g/mol. The van der Waals surface area contributed by atoms with Crippen molar-refractivity contribution in [3.63, 3.8) is 0 Å². The number of piperazine rings is 1. The van der Waals surface area contributed by atoms with Gasteiger partial charge in [-0.05, 0) is 51.0 Å². The molecule has 3 aliphatic rings. The number of piperidine rings is 1. The number of likely N-dealkylation sites (tertiary alicyclic amines) is 1. The van der Waals surface area contributed by atoms with Gasteiger partial charge in [0.15, 0.2) is 0 Å². The largest absolute Gasteiger partial charge is 0.390 e. The molecule has 2 aliphatic heterocycles. The molecule has 1 aliphatic carbocycles. The predicted molar refractivity (Wildman–Crippen MR) is 136 cm³/mol. The van der Waals surface area contributed by atoms with Crippen LogP contribution < -0.4 is 5.32 Å². The number of amides is 2. The van der Waals surface area contributed by atoms with E-state index in [1.54, 1.807) is 11.1 Å². The zero-order chi connectivity index (χ0) is 24.3. The first-order valence-corrected chi connectivity index (χ1v) is 13.0. The van der Waals surface area contributed by atoms with Gasteiger partial charge in [0, 0.05) is 37.1 Å². The lowest BCUT2D eigenvalue weighted by Crippen LogP contribution is -2.75. The summed E-state index contributed by atoms with van der Waals surface area (Å²) >= 11 is 0. The van der Waals surface area contributed by atoms with Crippen LogP contribution in [0.25, 0.3) is 0 Å². The van der Waals surface area contributed by atoms with Crippen LogP contribution in [0.5, 0.6) is 0 Å². The number of nitrogens with one attached hydrogen (secondary N) is 1. The van der Waals surface area contributed by atoms with Gasteiger partial charge >= 0.3 is 0 Å². The molecular formula is C26H41ClN4O4. The molecule has 4 rings (SSSR count). The minimum absolute atomic E-state index is 0. The highest BCUT2D eigenvalue weighted by Gasteiger charge is 2.55. The van der Waals surface area contributed by atoms with E-state index in [4.69, 9.17) is 0 Å². The second kappa shape index (κ2) is 12.0. The number of carbonyl (C=O) groups is 2. The molecule has 2 amide bonds. The van der Waals surface area contributed by atoms with Crippen LogP contribution in [0.15, 0.2) is 18.3 Å². The summed E-state index contributed by atoms with van der Waals surface area (Å²) in [6.07, 6.45) is 7.80. The number of rotatable bonds is 7. The van der Waals surface area contributed by atoms with E-state index in [0.29, 0.717) is 32.5 Å². The lowest BCUT2D eigenvalue weighted by atomic mass is 9.77. The average Bonchev–Trinajstić information content (AvgIpc) is 2.87. The van der Waals surface area contributed by atoms with Gasteiger partial charge in [-0.3, -0.25) is 19.5 Å². The third-order valence-corrected chi connectivity index (χ3v) is 8.17. The number of halogens is 1. The molecule has 0 radical (unpaired) electrons. The molecule has 2 saturated heterocycles. The van der Waals surface area contributed by atoms with Crippen molar-refractivity contribution in [3.05, 3.63) is 29.6 Å². The minimum Gasteiger partial charge on any atom is -0.390 e. The molecule has 1 aromatic rings. The van der Waals surface area contributed by atoms with Crippen molar-refractivity contribution in [1.29, 1.82) is 0 Å². The zero-order valence-electron chi connectivity index (χ0n) is 21.0. The van der Waals surface area contributed by atoms with E-state index in [-0.39, 0.29) is 30.1 Å². The zero-order valence-corrected chi connectivity index (χ0v) is 21.8. The van der Waals surface area contributed by atoms with E-state index in [0.717, 1.165) is 49.8 Å². The molecule has 3 heterocycles. The van der Waals surface area contributed by atoms with E-state index in [1.807, 2.05) is 24.0 Å². The fraction of sp³-hybridized carbons (Fsp3) is 0.731. The highest BCUT2D eigenvalue weighted by Crippen LogP contribution is 2.37. The minimum atomic E-state index is -0.920. The number of aliphatic hydroxyl groups is 2. The van der Waals surface area contributed by atoms with Crippen LogP contribution in [0.4, 0.5) is 0 Å². The Balaban J connectivity index is 0.00000342. The second-order valence-corrected chi connectivity index (χ2v) is 10.4. The molecule has 8 nitrogen and oxygen atoms in total. The van der Waals surface area contributed by atoms with Crippen LogP contribution in [0.3, 0.4) is 0 Å². The van der Waals surface area contributed by atoms with Crippen LogP contribution in [-0.4, -0.2) is 74.1 Å². The summed E-state index contributed by atoms with van der Waals surface area (Å²) in [5, 5.41) is 24.9. The molecule has 35 heavy (non-hydrogen) atoms. The summed E-state index contributed by atoms with van der Waals surface area (Å²) in [5.74, 6) is -0.248. The molecule has 0 bridgehead atoms. The van der Waals surface area contributed by atoms with Gasteiger partial charge < -0.3 is 20.4 Å². The van der Waals surface area contributed by atoms with Gasteiger partial charge in [-0.1, -0.05) is 38.7 Å². The summed E-state index contributed by atoms with van der Waals surface area (Å²) in [6, 6.07) is 2.89. The molecule has 3 fully saturated rings. The first-order chi connectivity index (χ1) is 16.4. The summed E-state index contributed by atoms with van der Waals surface area (Å²) < 4.78 is 0. The Labute approximate surface area is 214 Å². The molecule has 1 spiro atoms. The van der Waals surface area contributed by atoms with E-state index >= 15 is 0 Å². The maximum Gasteiger partial charge on any atom is 0.248 e. The number of aryl methyl sites for hydroxylation is 1. The van der Waals surface area contributed by atoms with Crippen molar-refractivity contribution in [2.75, 3.05) is 19.6 Å². The lowest BCUT2D eigenvalue weighted by molar-refractivity contribution is -0.167. The van der Waals surface area contributed by atoms with Gasteiger partial charge in [-0.2, -0.15) is 0 Å². The fourth-order valence-corrected chi connectivity index (χ4v) is 5.94. The highest BCUT2D eigenvalue weighted by atomic mass is 35.5. The van der Waals surface area contributed by atoms with Gasteiger partial charge in [-0.15, -0.1) is 12.4 Å². The number of pyridine rings is 1. The topological polar surface area (TPSA) is 106 Å². The summed E-state index contributed by atoms with van der Waals surface area (Å²) in [5.41, 5.74) is 0.697. The summed E-state index contributed by atoms with van der Waals surface area (Å²) in [6.45, 7) is 5.48. The molecule has 1 unspecified atom stereocenters. The van der Waals surface area contributed by atoms with Gasteiger partial charge in [0.25, 0.3) is 0 Å². The maximum atomic E-state index is 13.7. The quantitative estimate of drug-likeness (QED) is 0.523. The Morgan fingerprint density at radius 1 is 1.14 bits per heavy atom. The molecule has 9 heteroatoms. The van der Waals surface area contributed by atoms with Gasteiger partial charge in [-0.25, -0.2) is 0 Å². The van der Waals surface area contributed by atoms with Crippen molar-refractivity contribution in [2.24, 2.45) is 5.92 Å². The van der Waals surface area contributed by atoms with Crippen LogP contribution in [0.2, 0.25) is 0 Å². The normalized spacial score (nSPS) is 25.1. The number of aromatic nitrogens is 1. The monoisotopic (exact) mass is 508 g/mol. The van der Waals surface area contributed by atoms with E-state index in [2.05, 4.69) is 17.2 Å². The summed E-state index contributed by atoms with van der Waals surface area (Å²) in [4.78, 5) is 35.2. The average molecular weight is 509 g/mol. The van der Waals surface area contributed by atoms with Crippen LogP contribution in [0.1, 0.15) is 82.2 Å². The SMILES string of the molecule is CCCCN1C(=O)[C@@H]([C@H](O)C2CCCCC2)NC(=O)C12CCN(C(O)c1ccc(C)nc1)CC2.Cl. The molecule has 3 N–H and O–H groups in total. The number of hydrogen-bond acceptors (Lipinski definition) is 6. The Kier molecular flexibility index (Phi) is 9.54. The number of nitrogens with zero attached hydrogens (tertiary/aromatic N) is 3. The number of hydrogen-bond donors (Lipinski definition) is 3. The van der Waals surface area contributed by atoms with Crippen LogP contribution in [-0.2, 0) is 9.59 Å². The van der Waals surface area contributed by atoms with E-state index < -0.39 is 23.9 Å². The lowest BCUT2D eigenvalue weighted by Gasteiger charge is -2.53. The van der Waals surface area contributed by atoms with Gasteiger partial charge in [0.2, 0.25) is 11.8 Å². The third kappa shape index (κ3) is 5.66. The second-order valence-electron chi connectivity index (χ2n) is 10.4. The molecule has 1 saturated carbocycles. The number of unbranched alkanes of at least 4 members (excludes halogenated alkanes) is 1. The van der Waals surface area contributed by atoms with Gasteiger partial charge in [0.05, 0.1) is 6.10 Å². The Morgan fingerprint density at radius 3 is 2.43 bits per heavy atom. The van der Waals surface area contributed by atoms with Crippen LogP contribution >= 0.6 is 12.4 Å². The molecule has 0 aromatic carbocycles. The predicted octanol–water partition coefficient (Wildman–Crippen LogP) is 2.71. The molecule has 196 valence electrons. The summed E-state index contributed by atoms with van der Waals surface area (Å²) in [7, 11) is 0. The van der Waals surface area contributed by atoms with Gasteiger partial charge in [0.1, 0.15) is 17.8 Å². The first-order valence-electron chi connectivity index (χ1n) is 13.0. The number of aliphatic hydroxyl groups excluding tert-OH is 2. The van der Waals surface area contributed by atoms with Crippen molar-refractivity contribution in [1.82, 2.24) is 20.1 Å². The van der Waals surface area contributed by atoms with Crippen molar-refractivity contribution >= 4 is 24.2 Å². The smallest absolute Gasteiger partial charge is 0.248 e. The van der Waals surface area contributed by atoms with Crippen molar-refractivity contribution in [2.45, 2.75) is 95.5 Å². The molecule has 3 atom stereocenters. The fourth-order valence-electron chi connectivity index (χ4n) is 5.94. The Bertz CT molecular complexity index is 853. The molecule has 1 aromatic heterocycles.